The number of aromatic nitrogens is 4. The Morgan fingerprint density at radius 1 is 0.536 bits per heavy atom. The number of oxime groups is 6. The molecular weight excluding hydrogens is 1440 g/mol. The summed E-state index contributed by atoms with van der Waals surface area (Å²) in [5, 5.41) is 44.6. The lowest BCUT2D eigenvalue weighted by atomic mass is 10.0. The molecule has 0 spiro atoms. The Morgan fingerprint density at radius 3 is 1.53 bits per heavy atom. The molecule has 1 amide bonds. The third kappa shape index (κ3) is 25.3. The van der Waals surface area contributed by atoms with Crippen molar-refractivity contribution in [1.82, 2.24) is 25.3 Å². The average Bonchev–Trinajstić information content (AvgIpc) is 0.821. The van der Waals surface area contributed by atoms with E-state index in [1.165, 1.54) is 55.0 Å². The first-order valence-electron chi connectivity index (χ1n) is 33.0. The van der Waals surface area contributed by atoms with Crippen LogP contribution in [0.1, 0.15) is 93.8 Å². The number of carbonyl (C=O) groups excluding carboxylic acids is 4. The number of allylic oxidation sites excluding steroid dienone is 1. The Labute approximate surface area is 640 Å². The Kier molecular flexibility index (Phi) is 36.7. The maximum absolute atomic E-state index is 15.1. The van der Waals surface area contributed by atoms with Crippen LogP contribution in [-0.2, 0) is 54.8 Å². The van der Waals surface area contributed by atoms with Gasteiger partial charge in [-0.1, -0.05) is 173 Å². The van der Waals surface area contributed by atoms with Gasteiger partial charge in [0.2, 0.25) is 17.6 Å². The minimum atomic E-state index is -0.913. The van der Waals surface area contributed by atoms with Crippen LogP contribution in [-0.4, -0.2) is 132 Å². The molecule has 2 N–H and O–H groups in total. The van der Waals surface area contributed by atoms with Crippen LogP contribution in [0, 0.1) is 24.1 Å². The highest BCUT2D eigenvalue weighted by Crippen LogP contribution is 2.36. The summed E-state index contributed by atoms with van der Waals surface area (Å²) in [4.78, 5) is 93.7. The highest BCUT2D eigenvalue weighted by Gasteiger charge is 2.24. The number of amides is 1. The molecule has 0 saturated heterocycles. The molecule has 0 radical (unpaired) electrons. The van der Waals surface area contributed by atoms with Crippen LogP contribution in [0.5, 0.6) is 58.0 Å². The van der Waals surface area contributed by atoms with Crippen molar-refractivity contribution in [1.29, 1.82) is 5.26 Å². The summed E-state index contributed by atoms with van der Waals surface area (Å²) in [6, 6.07) is 52.7. The Hall–Kier alpha value is -13.6. The normalized spacial score (nSPS) is 11.5. The van der Waals surface area contributed by atoms with E-state index in [0.717, 1.165) is 6.33 Å². The molecule has 0 unspecified atom stereocenters. The fourth-order valence-corrected chi connectivity index (χ4v) is 9.53. The van der Waals surface area contributed by atoms with Crippen molar-refractivity contribution < 1.29 is 81.4 Å². The third-order valence-electron chi connectivity index (χ3n) is 14.5. The first kappa shape index (κ1) is 87.0. The molecule has 9 rings (SSSR count). The van der Waals surface area contributed by atoms with Gasteiger partial charge in [-0.3, -0.25) is 19.2 Å². The number of carbonyl (C=O) groups is 4. The number of ketones is 3. The largest absolute Gasteiger partial charge is 0.457 e. The molecule has 110 heavy (non-hydrogen) atoms. The second kappa shape index (κ2) is 46.4. The molecule has 2 heterocycles. The van der Waals surface area contributed by atoms with Gasteiger partial charge in [-0.25, -0.2) is 9.97 Å². The molecule has 0 aliphatic heterocycles. The van der Waals surface area contributed by atoms with Gasteiger partial charge in [0.15, 0.2) is 40.2 Å². The second-order valence-corrected chi connectivity index (χ2v) is 22.1. The number of ether oxygens (including phenoxy) is 5. The SMILES string of the molecule is C.C/C=C(/C(=O)CO)c1ccccc1Oc1cc(Oc2ccccc2C#N)ncn1.CCC(=O)/C(=N/OC)c1ccccc1Oc1ccccc1.CCC(=O)/C(=N/OC)c1ccccc1Oc1ncnc(Oc2cccc(Cl)c2C)c1F.CNC(=O)/C(=N/OC)c1ccccc1CO/N=C(C)/C(=N/OC)C(/C)=N/OC. The molecule has 0 atom stereocenters. The van der Waals surface area contributed by atoms with Gasteiger partial charge in [0, 0.05) is 58.3 Å². The summed E-state index contributed by atoms with van der Waals surface area (Å²) >= 11 is 6.09. The summed E-state index contributed by atoms with van der Waals surface area (Å²) < 4.78 is 43.7. The number of rotatable bonds is 31. The van der Waals surface area contributed by atoms with E-state index in [1.54, 1.807) is 169 Å². The van der Waals surface area contributed by atoms with Gasteiger partial charge >= 0.3 is 0 Å². The van der Waals surface area contributed by atoms with Crippen molar-refractivity contribution in [2.75, 3.05) is 49.2 Å². The monoisotopic (exact) mass is 1520 g/mol. The molecule has 0 aliphatic carbocycles. The quantitative estimate of drug-likeness (QED) is 0.0231. The van der Waals surface area contributed by atoms with E-state index < -0.39 is 18.2 Å². The standard InChI is InChI=1S/C22H19ClFN3O4.C22H17N3O4.C18H25N5O5.C17H17NO3.CH4/c1-4-16(28)20(27-29-3)14-8-5-6-10-18(14)31-22-19(24)21(25-12-26-22)30-17-11-7-9-15(23)13(17)2;1-2-16(18(27)13-26)17-8-4-6-10-20(17)29-22-11-21(24-14-25-22)28-19-9-5-3-7-15(19)12-23;1-12(20-25-4)16(22-26-5)13(2)21-28-11-14-9-7-8-10-15(14)17(23-27-6)18(24)19-3;1-3-15(19)17(18-20-2)14-11-7-8-12-16(14)21-13-9-5-4-6-10-13;/h5-12H,4H2,1-3H3;2-11,14,26H,13H2,1H3;7-10H,11H2,1-6H3,(H,19,24);4-12H,3H2,1-2H3;1H4/b27-20+;16-2+;20-12+,21-13+,22-16+,23-17+;18-17+;. The van der Waals surface area contributed by atoms with Gasteiger partial charge in [0.05, 0.1) is 17.2 Å². The van der Waals surface area contributed by atoms with E-state index >= 15 is 4.39 Å². The smallest absolute Gasteiger partial charge is 0.273 e. The molecule has 0 fully saturated rings. The number of aliphatic hydroxyl groups is 1. The minimum Gasteiger partial charge on any atom is -0.457 e. The third-order valence-corrected chi connectivity index (χ3v) is 14.9. The summed E-state index contributed by atoms with van der Waals surface area (Å²) in [5.41, 5.74) is 5.86. The lowest BCUT2D eigenvalue weighted by molar-refractivity contribution is -0.116. The lowest BCUT2D eigenvalue weighted by Crippen LogP contribution is -2.29. The van der Waals surface area contributed by atoms with Gasteiger partial charge in [-0.2, -0.15) is 19.6 Å². The maximum Gasteiger partial charge on any atom is 0.273 e. The molecular formula is C80H82ClFN12O16. The number of likely N-dealkylation sites (N-methyl/N-ethyl adjacent to an activating group) is 1. The summed E-state index contributed by atoms with van der Waals surface area (Å²) in [6.45, 7) is 9.82. The number of benzene rings is 7. The van der Waals surface area contributed by atoms with E-state index in [1.807, 2.05) is 48.5 Å². The number of hydrogen-bond donors (Lipinski definition) is 2. The topological polar surface area (TPSA) is 352 Å². The van der Waals surface area contributed by atoms with Gasteiger partial charge in [-0.05, 0) is 94.4 Å². The molecule has 9 aromatic rings. The van der Waals surface area contributed by atoms with Gasteiger partial charge in [0.1, 0.15) is 113 Å². The molecule has 30 heteroatoms. The Balaban J connectivity index is 0.000000264. The van der Waals surface area contributed by atoms with Crippen LogP contribution < -0.4 is 29.0 Å². The van der Waals surface area contributed by atoms with Crippen molar-refractivity contribution in [2.24, 2.45) is 30.9 Å². The Morgan fingerprint density at radius 2 is 0.991 bits per heavy atom. The fourth-order valence-electron chi connectivity index (χ4n) is 9.37. The maximum atomic E-state index is 15.1. The van der Waals surface area contributed by atoms with Gasteiger partial charge < -0.3 is 63.1 Å². The number of nitrogens with zero attached hydrogens (tertiary/aromatic N) is 11. The number of nitriles is 1. The van der Waals surface area contributed by atoms with Crippen LogP contribution in [0.25, 0.3) is 5.57 Å². The Bertz CT molecular complexity index is 4860. The van der Waals surface area contributed by atoms with Crippen LogP contribution in [0.4, 0.5) is 4.39 Å². The van der Waals surface area contributed by atoms with Crippen LogP contribution in [0.3, 0.4) is 0 Å². The fraction of sp³-hybridized carbons (Fsp3) is 0.212. The predicted octanol–water partition coefficient (Wildman–Crippen LogP) is 15.5. The molecule has 2 aromatic heterocycles. The highest BCUT2D eigenvalue weighted by atomic mass is 35.5. The van der Waals surface area contributed by atoms with E-state index in [4.69, 9.17) is 64.3 Å². The first-order valence-corrected chi connectivity index (χ1v) is 33.4. The lowest BCUT2D eigenvalue weighted by Gasteiger charge is -2.13. The second-order valence-electron chi connectivity index (χ2n) is 21.6. The number of nitrogens with one attached hydrogen (secondary N) is 1. The van der Waals surface area contributed by atoms with E-state index in [-0.39, 0.29) is 84.3 Å². The molecule has 572 valence electrons. The summed E-state index contributed by atoms with van der Waals surface area (Å²) in [7, 11) is 8.48. The van der Waals surface area contributed by atoms with Crippen molar-refractivity contribution in [3.05, 3.63) is 244 Å². The number of hydrogen-bond acceptors (Lipinski definition) is 27. The zero-order valence-corrected chi connectivity index (χ0v) is 62.3. The van der Waals surface area contributed by atoms with Crippen LogP contribution in [0.15, 0.2) is 226 Å². The predicted molar refractivity (Wildman–Crippen MR) is 414 cm³/mol. The molecule has 0 aliphatic rings. The van der Waals surface area contributed by atoms with Crippen molar-refractivity contribution in [2.45, 2.75) is 68.4 Å². The van der Waals surface area contributed by atoms with Crippen molar-refractivity contribution in [3.63, 3.8) is 0 Å². The first-order chi connectivity index (χ1) is 52.9. The summed E-state index contributed by atoms with van der Waals surface area (Å²) in [5.74, 6) is 0.172. The zero-order valence-electron chi connectivity index (χ0n) is 61.5. The zero-order chi connectivity index (χ0) is 79.0. The molecule has 28 nitrogen and oxygen atoms in total. The molecule has 0 saturated carbocycles. The number of Topliss-reactive ketones (excluding diaryl/α,β-unsaturated/α-hetero) is 3. The number of aliphatic hydroxyl groups excluding tert-OH is 1. The van der Waals surface area contributed by atoms with Crippen LogP contribution in [0.2, 0.25) is 5.02 Å². The highest BCUT2D eigenvalue weighted by molar-refractivity contribution is 6.67. The van der Waals surface area contributed by atoms with Crippen molar-refractivity contribution in [3.8, 4) is 64.1 Å². The van der Waals surface area contributed by atoms with Gasteiger partial charge in [-0.15, -0.1) is 0 Å². The van der Waals surface area contributed by atoms with E-state index in [0.29, 0.717) is 102 Å². The average molecular weight is 1520 g/mol. The number of halogens is 2. The van der Waals surface area contributed by atoms with Crippen molar-refractivity contribution >= 4 is 74.7 Å². The van der Waals surface area contributed by atoms with Gasteiger partial charge in [0.25, 0.3) is 17.7 Å². The number of para-hydroxylation sites is 5. The van der Waals surface area contributed by atoms with Crippen LogP contribution >= 0.6 is 11.6 Å². The summed E-state index contributed by atoms with van der Waals surface area (Å²) in [6.07, 6.45) is 4.56. The molecule has 7 aromatic carbocycles. The van der Waals surface area contributed by atoms with E-state index in [2.05, 4.69) is 62.3 Å². The van der Waals surface area contributed by atoms with E-state index in [9.17, 15) is 29.5 Å². The minimum absolute atomic E-state index is 0. The molecule has 0 bridgehead atoms.